The van der Waals surface area contributed by atoms with Gasteiger partial charge in [-0.1, -0.05) is 13.0 Å². The molecule has 0 aromatic carbocycles. The van der Waals surface area contributed by atoms with Gasteiger partial charge in [-0.05, 0) is 32.5 Å². The number of pyridine rings is 1. The maximum absolute atomic E-state index is 12.3. The van der Waals surface area contributed by atoms with E-state index < -0.39 is 17.2 Å². The zero-order chi connectivity index (χ0) is 15.6. The molecule has 114 valence electrons. The van der Waals surface area contributed by atoms with E-state index in [9.17, 15) is 14.7 Å². The summed E-state index contributed by atoms with van der Waals surface area (Å²) in [7, 11) is 0. The van der Waals surface area contributed by atoms with Crippen LogP contribution < -0.4 is 5.69 Å². The van der Waals surface area contributed by atoms with Gasteiger partial charge in [0, 0.05) is 12.7 Å². The number of fused-ring (bicyclic) bond motifs is 1. The largest absolute Gasteiger partial charge is 0.389 e. The monoisotopic (exact) mass is 292 g/mol. The quantitative estimate of drug-likeness (QED) is 0.853. The van der Waals surface area contributed by atoms with Crippen molar-refractivity contribution >= 4 is 11.6 Å². The van der Waals surface area contributed by atoms with Crippen LogP contribution in [0.25, 0.3) is 5.65 Å². The molecule has 21 heavy (non-hydrogen) atoms. The van der Waals surface area contributed by atoms with Crippen molar-refractivity contribution in [2.75, 3.05) is 19.6 Å². The van der Waals surface area contributed by atoms with E-state index in [2.05, 4.69) is 5.10 Å². The van der Waals surface area contributed by atoms with Crippen molar-refractivity contribution in [2.24, 2.45) is 0 Å². The molecule has 0 aliphatic heterocycles. The van der Waals surface area contributed by atoms with Gasteiger partial charge >= 0.3 is 5.69 Å². The lowest BCUT2D eigenvalue weighted by Crippen LogP contribution is -2.43. The van der Waals surface area contributed by atoms with Gasteiger partial charge in [-0.2, -0.15) is 0 Å². The Labute approximate surface area is 122 Å². The highest BCUT2D eigenvalue weighted by molar-refractivity contribution is 5.80. The number of hydrogen-bond donors (Lipinski definition) is 1. The Bertz CT molecular complexity index is 696. The smallest absolute Gasteiger partial charge is 0.357 e. The third-order valence-electron chi connectivity index (χ3n) is 3.08. The molecule has 2 heterocycles. The highest BCUT2D eigenvalue weighted by Gasteiger charge is 2.21. The van der Waals surface area contributed by atoms with Crippen molar-refractivity contribution < 1.29 is 9.90 Å². The van der Waals surface area contributed by atoms with E-state index in [1.54, 1.807) is 43.1 Å². The molecule has 0 radical (unpaired) electrons. The molecule has 1 N–H and O–H groups in total. The van der Waals surface area contributed by atoms with Crippen LogP contribution in [0.3, 0.4) is 0 Å². The molecule has 2 rings (SSSR count). The molecule has 7 heteroatoms. The summed E-state index contributed by atoms with van der Waals surface area (Å²) in [4.78, 5) is 26.1. The first-order chi connectivity index (χ1) is 9.81. The normalized spacial score (nSPS) is 12.2. The van der Waals surface area contributed by atoms with Gasteiger partial charge in [-0.15, -0.1) is 9.78 Å². The fourth-order valence-corrected chi connectivity index (χ4v) is 2.17. The Hall–Kier alpha value is -1.99. The lowest BCUT2D eigenvalue weighted by molar-refractivity contribution is 0.0356. The van der Waals surface area contributed by atoms with Crippen molar-refractivity contribution in [3.05, 3.63) is 34.9 Å². The van der Waals surface area contributed by atoms with Crippen LogP contribution in [0.4, 0.5) is 0 Å². The fraction of sp³-hybridized carbons (Fsp3) is 0.500. The first-order valence-electron chi connectivity index (χ1n) is 6.86. The van der Waals surface area contributed by atoms with Gasteiger partial charge in [-0.25, -0.2) is 9.20 Å². The summed E-state index contributed by atoms with van der Waals surface area (Å²) in [6, 6.07) is 5.13. The van der Waals surface area contributed by atoms with Crippen LogP contribution in [-0.2, 0) is 0 Å². The van der Waals surface area contributed by atoms with Crippen LogP contribution in [0, 0.1) is 0 Å². The van der Waals surface area contributed by atoms with Gasteiger partial charge in [0.25, 0.3) is 5.91 Å². The third-order valence-corrected chi connectivity index (χ3v) is 3.08. The average Bonchev–Trinajstić information content (AvgIpc) is 2.74. The lowest BCUT2D eigenvalue weighted by Gasteiger charge is -2.26. The van der Waals surface area contributed by atoms with Crippen LogP contribution in [0.15, 0.2) is 29.2 Å². The molecule has 0 aliphatic carbocycles. The first kappa shape index (κ1) is 15.4. The predicted molar refractivity (Wildman–Crippen MR) is 78.5 cm³/mol. The van der Waals surface area contributed by atoms with E-state index in [-0.39, 0.29) is 6.54 Å². The molecule has 0 atom stereocenters. The predicted octanol–water partition coefficient (Wildman–Crippen LogP) is 0.229. The minimum absolute atomic E-state index is 0.0320. The molecule has 0 spiro atoms. The van der Waals surface area contributed by atoms with Crippen molar-refractivity contribution in [1.82, 2.24) is 19.1 Å². The van der Waals surface area contributed by atoms with Crippen LogP contribution in [0.1, 0.15) is 25.6 Å². The molecule has 0 fully saturated rings. The molecular weight excluding hydrogens is 272 g/mol. The van der Waals surface area contributed by atoms with Crippen molar-refractivity contribution in [3.8, 4) is 0 Å². The topological polar surface area (TPSA) is 79.8 Å². The molecule has 7 nitrogen and oxygen atoms in total. The Morgan fingerprint density at radius 2 is 2.14 bits per heavy atom. The Balaban J connectivity index is 2.22. The number of rotatable bonds is 5. The van der Waals surface area contributed by atoms with Crippen molar-refractivity contribution in [3.63, 3.8) is 0 Å². The molecule has 0 amide bonds. The standard InChI is InChI=1S/C14H20N4O3/c1-4-16(10-14(2,3)21)9-12(19)18-13(20)17-8-6-5-7-11(17)15-18/h5-8,21H,4,9-10H2,1-3H3. The minimum Gasteiger partial charge on any atom is -0.389 e. The fourth-order valence-electron chi connectivity index (χ4n) is 2.17. The summed E-state index contributed by atoms with van der Waals surface area (Å²) in [5.74, 6) is -0.408. The third kappa shape index (κ3) is 3.56. The highest BCUT2D eigenvalue weighted by Crippen LogP contribution is 2.05. The van der Waals surface area contributed by atoms with Crippen LogP contribution in [0.2, 0.25) is 0 Å². The Morgan fingerprint density at radius 3 is 2.71 bits per heavy atom. The van der Waals surface area contributed by atoms with Gasteiger partial charge in [0.1, 0.15) is 0 Å². The van der Waals surface area contributed by atoms with Gasteiger partial charge in [0.15, 0.2) is 5.65 Å². The Kier molecular flexibility index (Phi) is 4.24. The van der Waals surface area contributed by atoms with E-state index >= 15 is 0 Å². The van der Waals surface area contributed by atoms with Gasteiger partial charge in [0.05, 0.1) is 12.1 Å². The summed E-state index contributed by atoms with van der Waals surface area (Å²) >= 11 is 0. The summed E-state index contributed by atoms with van der Waals surface area (Å²) in [5.41, 5.74) is -0.948. The molecule has 2 aromatic heterocycles. The second-order valence-electron chi connectivity index (χ2n) is 5.63. The summed E-state index contributed by atoms with van der Waals surface area (Å²) < 4.78 is 2.20. The van der Waals surface area contributed by atoms with Crippen LogP contribution in [0.5, 0.6) is 0 Å². The number of hydrogen-bond acceptors (Lipinski definition) is 5. The summed E-state index contributed by atoms with van der Waals surface area (Å²) in [6.45, 7) is 6.22. The average molecular weight is 292 g/mol. The van der Waals surface area contributed by atoms with E-state index in [0.717, 1.165) is 4.68 Å². The van der Waals surface area contributed by atoms with Crippen molar-refractivity contribution in [1.29, 1.82) is 0 Å². The van der Waals surface area contributed by atoms with E-state index in [1.807, 2.05) is 6.92 Å². The number of aromatic nitrogens is 3. The van der Waals surface area contributed by atoms with Gasteiger partial charge < -0.3 is 5.11 Å². The van der Waals surface area contributed by atoms with Crippen LogP contribution >= 0.6 is 0 Å². The first-order valence-corrected chi connectivity index (χ1v) is 6.86. The Morgan fingerprint density at radius 1 is 1.43 bits per heavy atom. The molecule has 0 saturated heterocycles. The summed E-state index contributed by atoms with van der Waals surface area (Å²) in [6.07, 6.45) is 1.57. The minimum atomic E-state index is -0.903. The molecular formula is C14H20N4O3. The number of carbonyl (C=O) groups is 1. The maximum atomic E-state index is 12.3. The summed E-state index contributed by atoms with van der Waals surface area (Å²) in [5, 5.41) is 13.9. The number of likely N-dealkylation sites (N-methyl/N-ethyl adjacent to an activating group) is 1. The lowest BCUT2D eigenvalue weighted by atomic mass is 10.1. The molecule has 0 saturated carbocycles. The zero-order valence-electron chi connectivity index (χ0n) is 12.5. The molecule has 2 aromatic rings. The maximum Gasteiger partial charge on any atom is 0.357 e. The molecule has 0 bridgehead atoms. The second kappa shape index (κ2) is 5.79. The molecule has 0 unspecified atom stereocenters. The SMILES string of the molecule is CCN(CC(=O)n1nc2ccccn2c1=O)CC(C)(C)O. The van der Waals surface area contributed by atoms with Crippen LogP contribution in [-0.4, -0.2) is 55.3 Å². The number of carbonyl (C=O) groups excluding carboxylic acids is 1. The van der Waals surface area contributed by atoms with E-state index in [1.165, 1.54) is 4.40 Å². The second-order valence-corrected chi connectivity index (χ2v) is 5.63. The zero-order valence-corrected chi connectivity index (χ0v) is 12.5. The van der Waals surface area contributed by atoms with Gasteiger partial charge in [-0.3, -0.25) is 9.69 Å². The van der Waals surface area contributed by atoms with Gasteiger partial charge in [0.2, 0.25) is 0 Å². The highest BCUT2D eigenvalue weighted by atomic mass is 16.3. The van der Waals surface area contributed by atoms with E-state index in [0.29, 0.717) is 18.7 Å². The van der Waals surface area contributed by atoms with E-state index in [4.69, 9.17) is 0 Å². The molecule has 0 aliphatic rings. The van der Waals surface area contributed by atoms with Crippen molar-refractivity contribution in [2.45, 2.75) is 26.4 Å². The number of aliphatic hydroxyl groups is 1. The number of nitrogens with zero attached hydrogens (tertiary/aromatic N) is 4.